The fourth-order valence-corrected chi connectivity index (χ4v) is 3.18. The number of anilines is 3. The van der Waals surface area contributed by atoms with E-state index in [1.807, 2.05) is 24.0 Å². The van der Waals surface area contributed by atoms with Gasteiger partial charge in [0.2, 0.25) is 11.9 Å². The number of nitrogens with two attached hydrogens (primary N) is 1. The topological polar surface area (TPSA) is 135 Å². The van der Waals surface area contributed by atoms with E-state index >= 15 is 0 Å². The van der Waals surface area contributed by atoms with Crippen LogP contribution in [0.4, 0.5) is 17.6 Å². The molecule has 0 aliphatic carbocycles. The Morgan fingerprint density at radius 1 is 1.33 bits per heavy atom. The molecule has 0 saturated carbocycles. The molecular weight excluding hydrogens is 384 g/mol. The summed E-state index contributed by atoms with van der Waals surface area (Å²) in [6.45, 7) is 8.20. The number of carbonyl (C=O) groups excluding carboxylic acids is 1. The van der Waals surface area contributed by atoms with Crippen molar-refractivity contribution < 1.29 is 9.53 Å². The Morgan fingerprint density at radius 2 is 2.10 bits per heavy atom. The number of methoxy groups -OCH3 is 1. The van der Waals surface area contributed by atoms with Gasteiger partial charge in [-0.25, -0.2) is 15.0 Å². The molecule has 1 amide bonds. The zero-order chi connectivity index (χ0) is 21.9. The highest BCUT2D eigenvalue weighted by atomic mass is 16.5. The van der Waals surface area contributed by atoms with E-state index in [1.165, 1.54) is 7.11 Å². The molecule has 4 N–H and O–H groups in total. The highest BCUT2D eigenvalue weighted by Gasteiger charge is 2.31. The van der Waals surface area contributed by atoms with Crippen LogP contribution in [0.1, 0.15) is 26.6 Å². The van der Waals surface area contributed by atoms with E-state index < -0.39 is 11.3 Å². The molecule has 160 valence electrons. The molecule has 0 aromatic carbocycles. The minimum atomic E-state index is -0.879. The minimum Gasteiger partial charge on any atom is -0.384 e. The van der Waals surface area contributed by atoms with E-state index in [9.17, 15) is 4.79 Å². The van der Waals surface area contributed by atoms with Crippen LogP contribution in [0.25, 0.3) is 11.0 Å². The predicted molar refractivity (Wildman–Crippen MR) is 116 cm³/mol. The van der Waals surface area contributed by atoms with Crippen molar-refractivity contribution >= 4 is 34.5 Å². The number of aryl methyl sites for hydroxylation is 1. The molecule has 10 heteroatoms. The van der Waals surface area contributed by atoms with Gasteiger partial charge in [-0.05, 0) is 33.8 Å². The van der Waals surface area contributed by atoms with E-state index in [1.54, 1.807) is 19.3 Å². The first kappa shape index (κ1) is 21.4. The molecule has 1 unspecified atom stereocenters. The molecule has 1 atom stereocenters. The van der Waals surface area contributed by atoms with Gasteiger partial charge in [-0.1, -0.05) is 0 Å². The number of primary amides is 1. The molecule has 0 aliphatic heterocycles. The molecule has 3 aromatic heterocycles. The van der Waals surface area contributed by atoms with Crippen molar-refractivity contribution in [2.24, 2.45) is 11.1 Å². The van der Waals surface area contributed by atoms with E-state index in [4.69, 9.17) is 10.5 Å². The number of aromatic amines is 1. The molecule has 0 bridgehead atoms. The molecule has 0 aliphatic rings. The summed E-state index contributed by atoms with van der Waals surface area (Å²) in [5.41, 5.74) is 6.38. The minimum absolute atomic E-state index is 0.0853. The Kier molecular flexibility index (Phi) is 6.16. The van der Waals surface area contributed by atoms with E-state index in [2.05, 4.69) is 44.1 Å². The normalized spacial score (nSPS) is 13.4. The molecule has 3 aromatic rings. The standard InChI is InChI=1S/C20H28N8O2/c1-12(2)28(17-8-14-15(9-23-17)26-13(3)25-14)16-6-7-22-19(27-16)24-10-20(4,11-30-5)18(21)29/h6-9,12H,10-11H2,1-5H3,(H2,21,29)(H,25,26)(H,22,24,27). The van der Waals surface area contributed by atoms with Gasteiger partial charge in [0.1, 0.15) is 17.5 Å². The zero-order valence-electron chi connectivity index (χ0n) is 17.9. The van der Waals surface area contributed by atoms with Crippen molar-refractivity contribution in [1.29, 1.82) is 0 Å². The Morgan fingerprint density at radius 3 is 2.77 bits per heavy atom. The van der Waals surface area contributed by atoms with E-state index in [-0.39, 0.29) is 19.2 Å². The average Bonchev–Trinajstić information content (AvgIpc) is 3.06. The molecule has 0 radical (unpaired) electrons. The van der Waals surface area contributed by atoms with Gasteiger partial charge in [-0.3, -0.25) is 4.79 Å². The number of carbonyl (C=O) groups is 1. The van der Waals surface area contributed by atoms with Crippen molar-refractivity contribution in [3.63, 3.8) is 0 Å². The van der Waals surface area contributed by atoms with Crippen LogP contribution in [0, 0.1) is 12.3 Å². The van der Waals surface area contributed by atoms with E-state index in [0.717, 1.165) is 22.7 Å². The van der Waals surface area contributed by atoms with Gasteiger partial charge in [-0.2, -0.15) is 4.98 Å². The molecular formula is C20H28N8O2. The van der Waals surface area contributed by atoms with Crippen molar-refractivity contribution in [2.45, 2.75) is 33.7 Å². The summed E-state index contributed by atoms with van der Waals surface area (Å²) >= 11 is 0. The lowest BCUT2D eigenvalue weighted by atomic mass is 9.91. The maximum absolute atomic E-state index is 11.8. The third-order valence-corrected chi connectivity index (χ3v) is 4.82. The lowest BCUT2D eigenvalue weighted by Crippen LogP contribution is -2.43. The number of pyridine rings is 1. The summed E-state index contributed by atoms with van der Waals surface area (Å²) in [6, 6.07) is 3.83. The van der Waals surface area contributed by atoms with Crippen molar-refractivity contribution in [3.05, 3.63) is 30.4 Å². The first-order valence-corrected chi connectivity index (χ1v) is 9.71. The van der Waals surface area contributed by atoms with Crippen molar-refractivity contribution in [1.82, 2.24) is 24.9 Å². The summed E-state index contributed by atoms with van der Waals surface area (Å²) in [6.07, 6.45) is 3.43. The Bertz CT molecular complexity index is 1030. The Balaban J connectivity index is 1.88. The maximum atomic E-state index is 11.8. The first-order chi connectivity index (χ1) is 14.2. The van der Waals surface area contributed by atoms with Crippen molar-refractivity contribution in [3.8, 4) is 0 Å². The van der Waals surface area contributed by atoms with Crippen LogP contribution >= 0.6 is 0 Å². The van der Waals surface area contributed by atoms with Gasteiger partial charge in [0.25, 0.3) is 0 Å². The van der Waals surface area contributed by atoms with Gasteiger partial charge >= 0.3 is 0 Å². The number of aromatic nitrogens is 5. The quantitative estimate of drug-likeness (QED) is 0.486. The highest BCUT2D eigenvalue weighted by Crippen LogP contribution is 2.27. The molecule has 3 heterocycles. The molecule has 0 fully saturated rings. The number of hydrogen-bond acceptors (Lipinski definition) is 8. The van der Waals surface area contributed by atoms with Crippen LogP contribution in [0.2, 0.25) is 0 Å². The predicted octanol–water partition coefficient (Wildman–Crippen LogP) is 2.15. The van der Waals surface area contributed by atoms with Crippen LogP contribution in [0.15, 0.2) is 24.5 Å². The Hall–Kier alpha value is -3.27. The second-order valence-corrected chi connectivity index (χ2v) is 7.80. The van der Waals surface area contributed by atoms with Crippen molar-refractivity contribution in [2.75, 3.05) is 30.5 Å². The highest BCUT2D eigenvalue weighted by molar-refractivity contribution is 5.81. The molecule has 0 spiro atoms. The van der Waals surface area contributed by atoms with Gasteiger partial charge in [0.15, 0.2) is 0 Å². The van der Waals surface area contributed by atoms with Gasteiger partial charge in [0.05, 0.1) is 29.3 Å². The van der Waals surface area contributed by atoms with Crippen LogP contribution in [-0.2, 0) is 9.53 Å². The number of hydrogen-bond donors (Lipinski definition) is 3. The molecule has 30 heavy (non-hydrogen) atoms. The number of nitrogens with zero attached hydrogens (tertiary/aromatic N) is 5. The lowest BCUT2D eigenvalue weighted by Gasteiger charge is -2.28. The van der Waals surface area contributed by atoms with Gasteiger partial charge < -0.3 is 25.7 Å². The first-order valence-electron chi connectivity index (χ1n) is 9.71. The van der Waals surface area contributed by atoms with Crippen LogP contribution in [0.5, 0.6) is 0 Å². The fraction of sp³-hybridized carbons (Fsp3) is 0.450. The monoisotopic (exact) mass is 412 g/mol. The number of nitrogens with one attached hydrogen (secondary N) is 2. The number of amides is 1. The van der Waals surface area contributed by atoms with Crippen LogP contribution in [-0.4, -0.2) is 57.1 Å². The van der Waals surface area contributed by atoms with Gasteiger partial charge in [-0.15, -0.1) is 0 Å². The number of ether oxygens (including phenoxy) is 1. The fourth-order valence-electron chi connectivity index (χ4n) is 3.18. The zero-order valence-corrected chi connectivity index (χ0v) is 17.9. The number of H-pyrrole nitrogens is 1. The lowest BCUT2D eigenvalue weighted by molar-refractivity contribution is -0.128. The largest absolute Gasteiger partial charge is 0.384 e. The summed E-state index contributed by atoms with van der Waals surface area (Å²) in [5, 5.41) is 3.10. The molecule has 10 nitrogen and oxygen atoms in total. The van der Waals surface area contributed by atoms with Crippen LogP contribution in [0.3, 0.4) is 0 Å². The van der Waals surface area contributed by atoms with E-state index in [0.29, 0.717) is 11.8 Å². The molecule has 0 saturated heterocycles. The second-order valence-electron chi connectivity index (χ2n) is 7.80. The summed E-state index contributed by atoms with van der Waals surface area (Å²) in [7, 11) is 1.53. The summed E-state index contributed by atoms with van der Waals surface area (Å²) in [5.74, 6) is 2.17. The summed E-state index contributed by atoms with van der Waals surface area (Å²) < 4.78 is 5.14. The third kappa shape index (κ3) is 4.48. The summed E-state index contributed by atoms with van der Waals surface area (Å²) in [4.78, 5) is 35.0. The number of imidazole rings is 1. The second kappa shape index (κ2) is 8.62. The van der Waals surface area contributed by atoms with Gasteiger partial charge in [0, 0.05) is 32.0 Å². The number of fused-ring (bicyclic) bond motifs is 1. The average molecular weight is 412 g/mol. The number of rotatable bonds is 9. The SMILES string of the molecule is COCC(C)(CNc1nccc(N(c2cc3nc(C)[nH]c3cn2)C(C)C)n1)C(N)=O. The molecule has 3 rings (SSSR count). The third-order valence-electron chi connectivity index (χ3n) is 4.82. The smallest absolute Gasteiger partial charge is 0.227 e. The maximum Gasteiger partial charge on any atom is 0.227 e. The Labute approximate surface area is 175 Å². The van der Waals surface area contributed by atoms with Crippen LogP contribution < -0.4 is 16.0 Å².